The third-order valence-corrected chi connectivity index (χ3v) is 6.26. The summed E-state index contributed by atoms with van der Waals surface area (Å²) in [6.07, 6.45) is -0.0600. The quantitative estimate of drug-likeness (QED) is 0.506. The van der Waals surface area contributed by atoms with Crippen molar-refractivity contribution in [1.82, 2.24) is 4.90 Å². The first-order chi connectivity index (χ1) is 16.5. The molecule has 1 fully saturated rings. The number of rotatable bonds is 6. The standard InChI is InChI=1S/C25H20ClN3O4S/c26-17-5-4-8-19(12-17)29-24(31)20(13-23(30)27-18-6-2-1-3-7-18)28(25(29)34)14-16-9-10-21-22(11-16)33-15-32-21/h1-12,20H,13-15H2,(H,27,30). The Hall–Kier alpha value is -3.62. The molecule has 0 aliphatic carbocycles. The number of anilines is 2. The molecule has 2 aliphatic heterocycles. The van der Waals surface area contributed by atoms with Crippen LogP contribution < -0.4 is 19.7 Å². The summed E-state index contributed by atoms with van der Waals surface area (Å²) in [7, 11) is 0. The lowest BCUT2D eigenvalue weighted by Gasteiger charge is -2.24. The summed E-state index contributed by atoms with van der Waals surface area (Å²) in [4.78, 5) is 29.6. The summed E-state index contributed by atoms with van der Waals surface area (Å²) in [5.41, 5.74) is 2.10. The van der Waals surface area contributed by atoms with E-state index in [1.807, 2.05) is 36.4 Å². The minimum Gasteiger partial charge on any atom is -0.454 e. The third-order valence-electron chi connectivity index (χ3n) is 5.61. The van der Waals surface area contributed by atoms with Crippen LogP contribution in [0.2, 0.25) is 5.02 Å². The van der Waals surface area contributed by atoms with Crippen molar-refractivity contribution in [1.29, 1.82) is 0 Å². The fourth-order valence-corrected chi connectivity index (χ4v) is 4.58. The Morgan fingerprint density at radius 1 is 1.03 bits per heavy atom. The lowest BCUT2D eigenvalue weighted by atomic mass is 10.1. The number of nitrogens with one attached hydrogen (secondary N) is 1. The summed E-state index contributed by atoms with van der Waals surface area (Å²) in [5, 5.41) is 3.64. The van der Waals surface area contributed by atoms with Crippen LogP contribution in [0.5, 0.6) is 11.5 Å². The molecular weight excluding hydrogens is 474 g/mol. The van der Waals surface area contributed by atoms with Gasteiger partial charge >= 0.3 is 0 Å². The molecule has 0 aromatic heterocycles. The van der Waals surface area contributed by atoms with Crippen LogP contribution >= 0.6 is 23.8 Å². The summed E-state index contributed by atoms with van der Waals surface area (Å²) >= 11 is 11.9. The number of hydrogen-bond acceptors (Lipinski definition) is 5. The third kappa shape index (κ3) is 4.42. The second-order valence-electron chi connectivity index (χ2n) is 7.89. The number of carbonyl (C=O) groups is 2. The Morgan fingerprint density at radius 2 is 1.82 bits per heavy atom. The zero-order valence-corrected chi connectivity index (χ0v) is 19.5. The van der Waals surface area contributed by atoms with Crippen molar-refractivity contribution in [3.63, 3.8) is 0 Å². The van der Waals surface area contributed by atoms with Crippen LogP contribution in [0.25, 0.3) is 0 Å². The number of thiocarbonyl (C=S) groups is 1. The molecule has 0 saturated carbocycles. The van der Waals surface area contributed by atoms with Gasteiger partial charge in [0.15, 0.2) is 16.6 Å². The lowest BCUT2D eigenvalue weighted by molar-refractivity contribution is -0.124. The highest BCUT2D eigenvalue weighted by molar-refractivity contribution is 7.80. The lowest BCUT2D eigenvalue weighted by Crippen LogP contribution is -2.37. The molecule has 3 aromatic carbocycles. The van der Waals surface area contributed by atoms with E-state index in [0.29, 0.717) is 39.6 Å². The number of carbonyl (C=O) groups excluding carboxylic acids is 2. The van der Waals surface area contributed by atoms with Crippen LogP contribution in [-0.4, -0.2) is 34.7 Å². The Bertz CT molecular complexity index is 1270. The van der Waals surface area contributed by atoms with Crippen molar-refractivity contribution >= 4 is 52.1 Å². The topological polar surface area (TPSA) is 71.1 Å². The molecule has 2 heterocycles. The minimum atomic E-state index is -0.777. The van der Waals surface area contributed by atoms with E-state index < -0.39 is 6.04 Å². The highest BCUT2D eigenvalue weighted by Crippen LogP contribution is 2.35. The van der Waals surface area contributed by atoms with E-state index in [-0.39, 0.29) is 25.0 Å². The predicted molar refractivity (Wildman–Crippen MR) is 133 cm³/mol. The average molecular weight is 494 g/mol. The Morgan fingerprint density at radius 3 is 2.62 bits per heavy atom. The van der Waals surface area contributed by atoms with Crippen LogP contribution in [-0.2, 0) is 16.1 Å². The van der Waals surface area contributed by atoms with Gasteiger partial charge in [-0.05, 0) is 60.2 Å². The molecule has 3 aromatic rings. The molecular formula is C25H20ClN3O4S. The number of para-hydroxylation sites is 1. The van der Waals surface area contributed by atoms with Gasteiger partial charge in [0.1, 0.15) is 6.04 Å². The van der Waals surface area contributed by atoms with Crippen LogP contribution in [0.15, 0.2) is 72.8 Å². The maximum Gasteiger partial charge on any atom is 0.256 e. The van der Waals surface area contributed by atoms with Gasteiger partial charge in [-0.2, -0.15) is 0 Å². The van der Waals surface area contributed by atoms with E-state index in [2.05, 4.69) is 5.32 Å². The molecule has 2 amide bonds. The van der Waals surface area contributed by atoms with Crippen LogP contribution in [0.3, 0.4) is 0 Å². The van der Waals surface area contributed by atoms with Gasteiger partial charge in [-0.3, -0.25) is 14.5 Å². The fraction of sp³-hybridized carbons (Fsp3) is 0.160. The first-order valence-electron chi connectivity index (χ1n) is 10.6. The van der Waals surface area contributed by atoms with Gasteiger partial charge < -0.3 is 19.7 Å². The smallest absolute Gasteiger partial charge is 0.256 e. The number of hydrogen-bond donors (Lipinski definition) is 1. The molecule has 2 aliphatic rings. The molecule has 0 bridgehead atoms. The van der Waals surface area contributed by atoms with Crippen LogP contribution in [0.1, 0.15) is 12.0 Å². The molecule has 1 N–H and O–H groups in total. The number of benzene rings is 3. The van der Waals surface area contributed by atoms with Gasteiger partial charge in [0.2, 0.25) is 12.7 Å². The molecule has 0 radical (unpaired) electrons. The summed E-state index contributed by atoms with van der Waals surface area (Å²) < 4.78 is 10.9. The maximum atomic E-state index is 13.5. The molecule has 9 heteroatoms. The molecule has 1 unspecified atom stereocenters. The van der Waals surface area contributed by atoms with Gasteiger partial charge in [0.25, 0.3) is 5.91 Å². The van der Waals surface area contributed by atoms with Crippen molar-refractivity contribution < 1.29 is 19.1 Å². The molecule has 0 spiro atoms. The van der Waals surface area contributed by atoms with E-state index in [4.69, 9.17) is 33.3 Å². The van der Waals surface area contributed by atoms with Gasteiger partial charge in [0, 0.05) is 17.3 Å². The fourth-order valence-electron chi connectivity index (χ4n) is 4.01. The summed E-state index contributed by atoms with van der Waals surface area (Å²) in [6.45, 7) is 0.492. The average Bonchev–Trinajstić information content (AvgIpc) is 3.38. The Labute approximate surface area is 206 Å². The first kappa shape index (κ1) is 22.2. The van der Waals surface area contributed by atoms with E-state index in [1.165, 1.54) is 4.90 Å². The van der Waals surface area contributed by atoms with Gasteiger partial charge in [0.05, 0.1) is 12.1 Å². The second-order valence-corrected chi connectivity index (χ2v) is 8.69. The van der Waals surface area contributed by atoms with Crippen LogP contribution in [0, 0.1) is 0 Å². The van der Waals surface area contributed by atoms with E-state index >= 15 is 0 Å². The number of fused-ring (bicyclic) bond motifs is 1. The Kier molecular flexibility index (Phi) is 6.08. The SMILES string of the molecule is O=C(CC1C(=O)N(c2cccc(Cl)c2)C(=S)N1Cc1ccc2c(c1)OCO2)Nc1ccccc1. The van der Waals surface area contributed by atoms with E-state index in [0.717, 1.165) is 5.56 Å². The number of amides is 2. The number of halogens is 1. The van der Waals surface area contributed by atoms with Gasteiger partial charge in [-0.1, -0.05) is 41.9 Å². The van der Waals surface area contributed by atoms with Crippen molar-refractivity contribution in [2.75, 3.05) is 17.0 Å². The van der Waals surface area contributed by atoms with Crippen molar-refractivity contribution in [2.24, 2.45) is 0 Å². The summed E-state index contributed by atoms with van der Waals surface area (Å²) in [5.74, 6) is 0.745. The molecule has 1 saturated heterocycles. The first-order valence-corrected chi connectivity index (χ1v) is 11.4. The Balaban J connectivity index is 1.43. The molecule has 7 nitrogen and oxygen atoms in total. The summed E-state index contributed by atoms with van der Waals surface area (Å²) in [6, 6.07) is 20.8. The predicted octanol–water partition coefficient (Wildman–Crippen LogP) is 4.60. The van der Waals surface area contributed by atoms with E-state index in [9.17, 15) is 9.59 Å². The van der Waals surface area contributed by atoms with E-state index in [1.54, 1.807) is 41.3 Å². The van der Waals surface area contributed by atoms with Crippen molar-refractivity contribution in [3.8, 4) is 11.5 Å². The maximum absolute atomic E-state index is 13.5. The molecule has 5 rings (SSSR count). The highest BCUT2D eigenvalue weighted by atomic mass is 35.5. The number of ether oxygens (including phenoxy) is 2. The van der Waals surface area contributed by atoms with Gasteiger partial charge in [-0.25, -0.2) is 0 Å². The second kappa shape index (κ2) is 9.32. The number of nitrogens with zero attached hydrogens (tertiary/aromatic N) is 2. The van der Waals surface area contributed by atoms with Gasteiger partial charge in [-0.15, -0.1) is 0 Å². The van der Waals surface area contributed by atoms with Crippen molar-refractivity contribution in [3.05, 3.63) is 83.4 Å². The zero-order valence-electron chi connectivity index (χ0n) is 17.9. The molecule has 34 heavy (non-hydrogen) atoms. The van der Waals surface area contributed by atoms with Crippen molar-refractivity contribution in [2.45, 2.75) is 19.0 Å². The normalized spacial score (nSPS) is 16.8. The van der Waals surface area contributed by atoms with Crippen LogP contribution in [0.4, 0.5) is 11.4 Å². The molecule has 1 atom stereocenters. The largest absolute Gasteiger partial charge is 0.454 e. The zero-order chi connectivity index (χ0) is 23.7. The minimum absolute atomic E-state index is 0.0600. The molecule has 172 valence electrons. The highest BCUT2D eigenvalue weighted by Gasteiger charge is 2.44. The monoisotopic (exact) mass is 493 g/mol.